The number of carbonyl (C=O) groups is 2. The van der Waals surface area contributed by atoms with Crippen LogP contribution in [0.25, 0.3) is 6.08 Å². The second-order valence-corrected chi connectivity index (χ2v) is 9.19. The smallest absolute Gasteiger partial charge is 0.349 e. The molecule has 0 N–H and O–H groups in total. The van der Waals surface area contributed by atoms with E-state index >= 15 is 0 Å². The van der Waals surface area contributed by atoms with Crippen molar-refractivity contribution in [2.24, 2.45) is 0 Å². The molecule has 0 spiro atoms. The Morgan fingerprint density at radius 1 is 1.19 bits per heavy atom. The van der Waals surface area contributed by atoms with Crippen LogP contribution in [0.15, 0.2) is 48.0 Å². The summed E-state index contributed by atoms with van der Waals surface area (Å²) >= 11 is 0. The monoisotopic (exact) mass is 454 g/mol. The highest BCUT2D eigenvalue weighted by Gasteiger charge is 2.28. The van der Waals surface area contributed by atoms with Crippen molar-refractivity contribution in [2.75, 3.05) is 30.3 Å². The van der Waals surface area contributed by atoms with Crippen LogP contribution in [0.1, 0.15) is 28.4 Å². The lowest BCUT2D eigenvalue weighted by molar-refractivity contribution is -0.137. The lowest BCUT2D eigenvalue weighted by atomic mass is 10.1. The Kier molecular flexibility index (Phi) is 6.95. The number of ether oxygens (including phenoxy) is 2. The molecular formula is C23H22N2O6S. The van der Waals surface area contributed by atoms with Gasteiger partial charge in [-0.1, -0.05) is 12.1 Å². The molecule has 0 unspecified atom stereocenters. The maximum atomic E-state index is 12.5. The van der Waals surface area contributed by atoms with Crippen molar-refractivity contribution in [1.82, 2.24) is 0 Å². The van der Waals surface area contributed by atoms with Gasteiger partial charge in [-0.3, -0.25) is 9.10 Å². The molecule has 0 atom stereocenters. The first kappa shape index (κ1) is 23.0. The van der Waals surface area contributed by atoms with Crippen LogP contribution in [-0.4, -0.2) is 46.2 Å². The van der Waals surface area contributed by atoms with Gasteiger partial charge in [0.2, 0.25) is 10.0 Å². The number of benzene rings is 2. The number of carbonyl (C=O) groups excluding carboxylic acids is 2. The Labute approximate surface area is 186 Å². The Morgan fingerprint density at radius 3 is 2.53 bits per heavy atom. The van der Waals surface area contributed by atoms with E-state index < -0.39 is 28.4 Å². The molecular weight excluding hydrogens is 432 g/mol. The summed E-state index contributed by atoms with van der Waals surface area (Å²) in [5.41, 5.74) is 1.99. The zero-order valence-electron chi connectivity index (χ0n) is 17.7. The first-order valence-electron chi connectivity index (χ1n) is 9.88. The molecule has 2 aromatic carbocycles. The highest BCUT2D eigenvalue weighted by Crippen LogP contribution is 2.31. The van der Waals surface area contributed by atoms with Crippen molar-refractivity contribution < 1.29 is 27.5 Å². The third-order valence-corrected chi connectivity index (χ3v) is 6.84. The predicted octanol–water partition coefficient (Wildman–Crippen LogP) is 2.74. The van der Waals surface area contributed by atoms with Crippen LogP contribution in [0.4, 0.5) is 5.69 Å². The summed E-state index contributed by atoms with van der Waals surface area (Å²) < 4.78 is 35.8. The number of methoxy groups -OCH3 is 1. The van der Waals surface area contributed by atoms with Gasteiger partial charge in [0.05, 0.1) is 18.6 Å². The number of rotatable bonds is 8. The van der Waals surface area contributed by atoms with Crippen LogP contribution in [0.3, 0.4) is 0 Å². The van der Waals surface area contributed by atoms with Gasteiger partial charge in [0.1, 0.15) is 17.4 Å². The molecule has 0 bridgehead atoms. The van der Waals surface area contributed by atoms with Crippen LogP contribution in [0.2, 0.25) is 0 Å². The molecule has 0 saturated carbocycles. The molecule has 1 aliphatic heterocycles. The van der Waals surface area contributed by atoms with Crippen molar-refractivity contribution in [3.05, 3.63) is 64.7 Å². The van der Waals surface area contributed by atoms with Gasteiger partial charge >= 0.3 is 5.97 Å². The molecule has 2 aromatic rings. The van der Waals surface area contributed by atoms with E-state index in [1.807, 2.05) is 0 Å². The minimum absolute atomic E-state index is 0.00561. The summed E-state index contributed by atoms with van der Waals surface area (Å²) in [7, 11) is -1.84. The Morgan fingerprint density at radius 2 is 1.91 bits per heavy atom. The van der Waals surface area contributed by atoms with Gasteiger partial charge in [-0.25, -0.2) is 13.2 Å². The zero-order chi connectivity index (χ0) is 23.3. The van der Waals surface area contributed by atoms with Crippen LogP contribution in [0, 0.1) is 11.3 Å². The summed E-state index contributed by atoms with van der Waals surface area (Å²) in [5, 5.41) is 9.27. The van der Waals surface area contributed by atoms with Gasteiger partial charge in [-0.05, 0) is 60.9 Å². The number of sulfonamides is 1. The van der Waals surface area contributed by atoms with Crippen molar-refractivity contribution in [1.29, 1.82) is 5.26 Å². The van der Waals surface area contributed by atoms with Crippen molar-refractivity contribution >= 4 is 33.5 Å². The number of ketones is 1. The fraction of sp³-hybridized carbons (Fsp3) is 0.261. The Bertz CT molecular complexity index is 1210. The maximum Gasteiger partial charge on any atom is 0.349 e. The van der Waals surface area contributed by atoms with Crippen LogP contribution < -0.4 is 9.04 Å². The van der Waals surface area contributed by atoms with Gasteiger partial charge in [-0.2, -0.15) is 5.26 Å². The Hall–Kier alpha value is -3.64. The summed E-state index contributed by atoms with van der Waals surface area (Å²) in [4.78, 5) is 24.7. The molecule has 32 heavy (non-hydrogen) atoms. The number of nitriles is 1. The average Bonchev–Trinajstić information content (AvgIpc) is 3.25. The van der Waals surface area contributed by atoms with Gasteiger partial charge in [0, 0.05) is 12.1 Å². The largest absolute Gasteiger partial charge is 0.497 e. The summed E-state index contributed by atoms with van der Waals surface area (Å²) in [6.45, 7) is 1.38. The third-order valence-electron chi connectivity index (χ3n) is 5.06. The maximum absolute atomic E-state index is 12.5. The number of Topliss-reactive ketones (excluding diaryl/α,β-unsaturated/α-hetero) is 1. The fourth-order valence-corrected chi connectivity index (χ4v) is 4.44. The molecule has 166 valence electrons. The minimum Gasteiger partial charge on any atom is -0.497 e. The number of hydrogen-bond acceptors (Lipinski definition) is 7. The summed E-state index contributed by atoms with van der Waals surface area (Å²) in [5.74, 6) is -0.717. The van der Waals surface area contributed by atoms with Crippen LogP contribution in [0.5, 0.6) is 5.75 Å². The quantitative estimate of drug-likeness (QED) is 0.261. The van der Waals surface area contributed by atoms with E-state index in [-0.39, 0.29) is 11.3 Å². The summed E-state index contributed by atoms with van der Waals surface area (Å²) in [6.07, 6.45) is 1.86. The first-order valence-corrected chi connectivity index (χ1v) is 11.5. The van der Waals surface area contributed by atoms with E-state index in [1.165, 1.54) is 23.6 Å². The molecule has 0 fully saturated rings. The van der Waals surface area contributed by atoms with E-state index in [0.29, 0.717) is 35.5 Å². The van der Waals surface area contributed by atoms with Gasteiger partial charge in [-0.15, -0.1) is 0 Å². The second-order valence-electron chi connectivity index (χ2n) is 7.01. The van der Waals surface area contributed by atoms with Gasteiger partial charge in [0.25, 0.3) is 0 Å². The molecule has 0 aromatic heterocycles. The van der Waals surface area contributed by atoms with Gasteiger partial charge in [0.15, 0.2) is 12.4 Å². The van der Waals surface area contributed by atoms with E-state index in [0.717, 1.165) is 5.56 Å². The lowest BCUT2D eigenvalue weighted by Gasteiger charge is -2.18. The normalized spacial score (nSPS) is 13.3. The molecule has 0 amide bonds. The molecule has 9 heteroatoms. The number of fused-ring (bicyclic) bond motifs is 1. The Balaban J connectivity index is 1.67. The van der Waals surface area contributed by atoms with Crippen molar-refractivity contribution in [3.8, 4) is 11.8 Å². The number of nitrogens with zero attached hydrogens (tertiary/aromatic N) is 2. The SMILES string of the molecule is CCS(=O)(=O)N1CCc2cc(C(=O)COC(=O)/C(C#N)=C/c3ccc(OC)cc3)ccc21. The van der Waals surface area contributed by atoms with E-state index in [1.54, 1.807) is 49.4 Å². The highest BCUT2D eigenvalue weighted by molar-refractivity contribution is 7.92. The highest BCUT2D eigenvalue weighted by atomic mass is 32.2. The molecule has 3 rings (SSSR count). The zero-order valence-corrected chi connectivity index (χ0v) is 18.5. The van der Waals surface area contributed by atoms with Crippen molar-refractivity contribution in [2.45, 2.75) is 13.3 Å². The predicted molar refractivity (Wildman–Crippen MR) is 119 cm³/mol. The molecule has 1 heterocycles. The van der Waals surface area contributed by atoms with Crippen LogP contribution >= 0.6 is 0 Å². The fourth-order valence-electron chi connectivity index (χ4n) is 3.29. The molecule has 1 aliphatic rings. The van der Waals surface area contributed by atoms with E-state index in [2.05, 4.69) is 0 Å². The van der Waals surface area contributed by atoms with Crippen molar-refractivity contribution in [3.63, 3.8) is 0 Å². The molecule has 0 radical (unpaired) electrons. The first-order chi connectivity index (χ1) is 15.3. The number of esters is 1. The standard InChI is InChI=1S/C23H22N2O6S/c1-3-32(28,29)25-11-10-17-13-18(6-9-21(17)25)22(26)15-31-23(27)19(14-24)12-16-4-7-20(30-2)8-5-16/h4-9,12-13H,3,10-11,15H2,1-2H3/b19-12+. The average molecular weight is 455 g/mol. The molecule has 0 saturated heterocycles. The summed E-state index contributed by atoms with van der Waals surface area (Å²) in [6, 6.07) is 13.3. The lowest BCUT2D eigenvalue weighted by Crippen LogP contribution is -2.30. The van der Waals surface area contributed by atoms with E-state index in [4.69, 9.17) is 9.47 Å². The van der Waals surface area contributed by atoms with E-state index in [9.17, 15) is 23.3 Å². The minimum atomic E-state index is -3.37. The number of anilines is 1. The number of hydrogen-bond donors (Lipinski definition) is 0. The molecule has 8 nitrogen and oxygen atoms in total. The van der Waals surface area contributed by atoms with Gasteiger partial charge < -0.3 is 9.47 Å². The molecule has 0 aliphatic carbocycles. The third kappa shape index (κ3) is 4.98. The topological polar surface area (TPSA) is 114 Å². The van der Waals surface area contributed by atoms with Crippen LogP contribution in [-0.2, 0) is 26.0 Å². The second kappa shape index (κ2) is 9.66.